The number of aromatic amines is 2. The first-order valence-corrected chi connectivity index (χ1v) is 17.3. The highest BCUT2D eigenvalue weighted by Gasteiger charge is 2.17. The fourth-order valence-electron chi connectivity index (χ4n) is 6.34. The molecule has 8 rings (SSSR count). The molecular weight excluding hydrogens is 656 g/mol. The van der Waals surface area contributed by atoms with E-state index < -0.39 is 0 Å². The van der Waals surface area contributed by atoms with Crippen LogP contribution in [0, 0.1) is 6.92 Å². The summed E-state index contributed by atoms with van der Waals surface area (Å²) in [5.41, 5.74) is 15.1. The van der Waals surface area contributed by atoms with Gasteiger partial charge in [0.2, 0.25) is 0 Å². The van der Waals surface area contributed by atoms with Gasteiger partial charge in [0.1, 0.15) is 5.75 Å². The molecule has 3 aromatic heterocycles. The molecule has 48 heavy (non-hydrogen) atoms. The molecule has 2 aliphatic rings. The number of alkyl halides is 1. The van der Waals surface area contributed by atoms with E-state index in [1.807, 2.05) is 18.2 Å². The molecule has 0 radical (unpaired) electrons. The van der Waals surface area contributed by atoms with E-state index in [1.54, 1.807) is 0 Å². The van der Waals surface area contributed by atoms with E-state index >= 15 is 0 Å². The molecule has 0 unspecified atom stereocenters. The van der Waals surface area contributed by atoms with E-state index in [0.717, 1.165) is 95.7 Å². The topological polar surface area (TPSA) is 66.6 Å². The minimum absolute atomic E-state index is 0.672. The lowest BCUT2D eigenvalue weighted by molar-refractivity contribution is 0.319. The number of hydrogen-bond donors (Lipinski definition) is 2. The Balaban J connectivity index is 1.43. The summed E-state index contributed by atoms with van der Waals surface area (Å²) in [5, 5.41) is 0.916. The van der Waals surface area contributed by atoms with Crippen LogP contribution in [-0.4, -0.2) is 31.9 Å². The van der Waals surface area contributed by atoms with Crippen LogP contribution < -0.4 is 4.74 Å². The zero-order chi connectivity index (χ0) is 32.5. The standard InChI is InChI=1S/C42H33BrN4O/c1-27-8-10-29(11-9-27)41-34-18-14-31(44-34)26-32-15-19-35(45-32)42(30-12-16-33(17-13-30)48-25-5-24-43)39-23-21-37(47-39)40(28-6-3-2-4-7-28)36-20-22-38(41)46-36/h2-4,6-23,26,45-46H,5,24-25H2,1H3. The molecule has 6 aromatic rings. The van der Waals surface area contributed by atoms with Crippen molar-refractivity contribution in [3.63, 3.8) is 0 Å². The van der Waals surface area contributed by atoms with Gasteiger partial charge in [0, 0.05) is 44.1 Å². The lowest BCUT2D eigenvalue weighted by Crippen LogP contribution is -1.97. The second kappa shape index (κ2) is 13.0. The van der Waals surface area contributed by atoms with Gasteiger partial charge in [-0.3, -0.25) is 0 Å². The van der Waals surface area contributed by atoms with E-state index in [1.165, 1.54) is 5.56 Å². The molecule has 6 heteroatoms. The largest absolute Gasteiger partial charge is 0.494 e. The Hall–Kier alpha value is -5.46. The molecule has 5 nitrogen and oxygen atoms in total. The summed E-state index contributed by atoms with van der Waals surface area (Å²) in [6, 6.07) is 38.1. The van der Waals surface area contributed by atoms with Gasteiger partial charge in [-0.2, -0.15) is 0 Å². The molecule has 0 fully saturated rings. The smallest absolute Gasteiger partial charge is 0.119 e. The summed E-state index contributed by atoms with van der Waals surface area (Å²) in [6.45, 7) is 2.78. The molecular formula is C42H33BrN4O. The Kier molecular flexibility index (Phi) is 8.08. The number of hydrogen-bond acceptors (Lipinski definition) is 3. The predicted molar refractivity (Wildman–Crippen MR) is 204 cm³/mol. The van der Waals surface area contributed by atoms with Crippen LogP contribution in [0.15, 0.2) is 109 Å². The number of rotatable bonds is 7. The van der Waals surface area contributed by atoms with E-state index in [9.17, 15) is 0 Å². The van der Waals surface area contributed by atoms with E-state index in [4.69, 9.17) is 14.7 Å². The lowest BCUT2D eigenvalue weighted by Gasteiger charge is -2.08. The van der Waals surface area contributed by atoms with Crippen LogP contribution in [-0.2, 0) is 0 Å². The average molecular weight is 690 g/mol. The summed E-state index contributed by atoms with van der Waals surface area (Å²) in [4.78, 5) is 17.9. The summed E-state index contributed by atoms with van der Waals surface area (Å²) in [6.07, 6.45) is 9.38. The molecule has 0 spiro atoms. The Morgan fingerprint density at radius 2 is 1.15 bits per heavy atom. The van der Waals surface area contributed by atoms with Crippen molar-refractivity contribution in [2.75, 3.05) is 11.9 Å². The van der Waals surface area contributed by atoms with Crippen LogP contribution in [0.25, 0.3) is 79.8 Å². The van der Waals surface area contributed by atoms with Gasteiger partial charge in [0.25, 0.3) is 0 Å². The second-order valence-electron chi connectivity index (χ2n) is 12.0. The van der Waals surface area contributed by atoms with Crippen LogP contribution in [0.2, 0.25) is 0 Å². The molecule has 2 aliphatic heterocycles. The fraction of sp³-hybridized carbons (Fsp3) is 0.0952. The zero-order valence-electron chi connectivity index (χ0n) is 26.5. The zero-order valence-corrected chi connectivity index (χ0v) is 28.1. The molecule has 0 saturated heterocycles. The van der Waals surface area contributed by atoms with E-state index in [-0.39, 0.29) is 0 Å². The van der Waals surface area contributed by atoms with Crippen molar-refractivity contribution in [3.8, 4) is 39.1 Å². The van der Waals surface area contributed by atoms with Gasteiger partial charge in [-0.1, -0.05) is 88.2 Å². The molecule has 3 aromatic carbocycles. The number of ether oxygens (including phenoxy) is 1. The number of aryl methyl sites for hydroxylation is 1. The fourth-order valence-corrected chi connectivity index (χ4v) is 6.57. The first-order valence-electron chi connectivity index (χ1n) is 16.2. The van der Waals surface area contributed by atoms with Crippen molar-refractivity contribution in [1.29, 1.82) is 0 Å². The Bertz CT molecular complexity index is 2350. The maximum Gasteiger partial charge on any atom is 0.119 e. The minimum atomic E-state index is 0.672. The van der Waals surface area contributed by atoms with Crippen molar-refractivity contribution in [3.05, 3.63) is 138 Å². The van der Waals surface area contributed by atoms with Gasteiger partial charge in [0.15, 0.2) is 0 Å². The third kappa shape index (κ3) is 5.91. The maximum absolute atomic E-state index is 5.95. The van der Waals surface area contributed by atoms with Gasteiger partial charge in [-0.15, -0.1) is 0 Å². The average Bonchev–Trinajstić information content (AvgIpc) is 3.94. The predicted octanol–water partition coefficient (Wildman–Crippen LogP) is 11.1. The third-order valence-electron chi connectivity index (χ3n) is 8.67. The number of halogens is 1. The minimum Gasteiger partial charge on any atom is -0.494 e. The molecule has 0 atom stereocenters. The third-order valence-corrected chi connectivity index (χ3v) is 9.23. The Labute approximate surface area is 287 Å². The molecule has 8 bridgehead atoms. The number of benzene rings is 3. The van der Waals surface area contributed by atoms with Gasteiger partial charge in [-0.05, 0) is 96.8 Å². The summed E-state index contributed by atoms with van der Waals surface area (Å²) >= 11 is 3.48. The molecule has 0 saturated carbocycles. The van der Waals surface area contributed by atoms with Crippen molar-refractivity contribution in [2.45, 2.75) is 13.3 Å². The summed E-state index contributed by atoms with van der Waals surface area (Å²) < 4.78 is 5.95. The van der Waals surface area contributed by atoms with Crippen molar-refractivity contribution in [1.82, 2.24) is 19.9 Å². The summed E-state index contributed by atoms with van der Waals surface area (Å²) in [5.74, 6) is 0.854. The highest BCUT2D eigenvalue weighted by Crippen LogP contribution is 2.36. The van der Waals surface area contributed by atoms with Crippen molar-refractivity contribution < 1.29 is 4.74 Å². The molecule has 2 N–H and O–H groups in total. The van der Waals surface area contributed by atoms with Gasteiger partial charge >= 0.3 is 0 Å². The van der Waals surface area contributed by atoms with Crippen LogP contribution in [0.3, 0.4) is 0 Å². The molecule has 0 aliphatic carbocycles. The quantitative estimate of drug-likeness (QED) is 0.129. The highest BCUT2D eigenvalue weighted by molar-refractivity contribution is 9.09. The Morgan fingerprint density at radius 3 is 1.81 bits per heavy atom. The van der Waals surface area contributed by atoms with Crippen molar-refractivity contribution in [2.24, 2.45) is 0 Å². The first-order chi connectivity index (χ1) is 23.6. The van der Waals surface area contributed by atoms with Crippen LogP contribution in [0.1, 0.15) is 34.8 Å². The Morgan fingerprint density at radius 1 is 0.583 bits per heavy atom. The summed E-state index contributed by atoms with van der Waals surface area (Å²) in [7, 11) is 0. The van der Waals surface area contributed by atoms with E-state index in [0.29, 0.717) is 6.61 Å². The lowest BCUT2D eigenvalue weighted by atomic mass is 10.0. The van der Waals surface area contributed by atoms with Crippen LogP contribution >= 0.6 is 15.9 Å². The van der Waals surface area contributed by atoms with Crippen LogP contribution in [0.4, 0.5) is 0 Å². The van der Waals surface area contributed by atoms with Gasteiger partial charge < -0.3 is 14.7 Å². The van der Waals surface area contributed by atoms with Crippen molar-refractivity contribution >= 4 is 62.3 Å². The van der Waals surface area contributed by atoms with Crippen LogP contribution in [0.5, 0.6) is 5.75 Å². The number of nitrogens with zero attached hydrogens (tertiary/aromatic N) is 2. The number of fused-ring (bicyclic) bond motifs is 8. The monoisotopic (exact) mass is 688 g/mol. The van der Waals surface area contributed by atoms with Gasteiger partial charge in [0.05, 0.1) is 29.4 Å². The number of aromatic nitrogens is 4. The normalized spacial score (nSPS) is 12.0. The highest BCUT2D eigenvalue weighted by atomic mass is 79.9. The molecule has 5 heterocycles. The first kappa shape index (κ1) is 29.9. The van der Waals surface area contributed by atoms with Gasteiger partial charge in [-0.25, -0.2) is 9.97 Å². The number of nitrogens with one attached hydrogen (secondary N) is 2. The molecule has 234 valence electrons. The second-order valence-corrected chi connectivity index (χ2v) is 12.8. The SMILES string of the molecule is Cc1ccc(-c2c3nc(cc4ccc([nH]4)c(-c4ccc(OCCCBr)cc4)c4nc(c(-c5ccccc5)c5ccc2[nH]5)C=C4)C=C3)cc1. The maximum atomic E-state index is 5.95. The number of H-pyrrole nitrogens is 2. The van der Waals surface area contributed by atoms with E-state index in [2.05, 4.69) is 148 Å². The molecule has 0 amide bonds.